The molecule has 0 aliphatic carbocycles. The summed E-state index contributed by atoms with van der Waals surface area (Å²) < 4.78 is 0. The lowest BCUT2D eigenvalue weighted by molar-refractivity contribution is 0.142. The van der Waals surface area contributed by atoms with Crippen LogP contribution in [0, 0.1) is 0 Å². The first kappa shape index (κ1) is 15.5. The number of hydrogen-bond acceptors (Lipinski definition) is 4. The largest absolute Gasteiger partial charge is 0.387 e. The van der Waals surface area contributed by atoms with Crippen LogP contribution in [-0.4, -0.2) is 30.5 Å². The van der Waals surface area contributed by atoms with E-state index in [2.05, 4.69) is 24.4 Å². The molecule has 1 aromatic rings. The predicted molar refractivity (Wildman–Crippen MR) is 78.9 cm³/mol. The van der Waals surface area contributed by atoms with E-state index in [1.807, 2.05) is 30.9 Å². The fraction of sp³-hybridized carbons (Fsp3) is 0.571. The minimum atomic E-state index is -0.580. The first-order valence-electron chi connectivity index (χ1n) is 6.50. The van der Waals surface area contributed by atoms with E-state index in [1.54, 1.807) is 0 Å². The molecule has 2 atom stereocenters. The van der Waals surface area contributed by atoms with Gasteiger partial charge < -0.3 is 16.2 Å². The van der Waals surface area contributed by atoms with Gasteiger partial charge >= 0.3 is 0 Å². The maximum Gasteiger partial charge on any atom is 0.0941 e. The first-order valence-corrected chi connectivity index (χ1v) is 7.48. The van der Waals surface area contributed by atoms with Crippen LogP contribution in [0.4, 0.5) is 0 Å². The van der Waals surface area contributed by atoms with E-state index in [4.69, 9.17) is 5.73 Å². The Hall–Kier alpha value is -0.550. The van der Waals surface area contributed by atoms with Crippen LogP contribution >= 0.6 is 11.8 Å². The number of hydrogen-bond donors (Lipinski definition) is 3. The molecule has 102 valence electrons. The maximum absolute atomic E-state index is 10.1. The molecule has 4 N–H and O–H groups in total. The Kier molecular flexibility index (Phi) is 7.35. The van der Waals surface area contributed by atoms with Gasteiger partial charge in [0.05, 0.1) is 6.10 Å². The SMILES string of the molecule is CCCSc1ccc(C(O)C(N)CCNC)cc1. The quantitative estimate of drug-likeness (QED) is 0.632. The molecule has 0 fully saturated rings. The molecule has 18 heavy (non-hydrogen) atoms. The van der Waals surface area contributed by atoms with Crippen molar-refractivity contribution in [1.29, 1.82) is 0 Å². The molecule has 1 aromatic carbocycles. The number of benzene rings is 1. The zero-order valence-corrected chi connectivity index (χ0v) is 12.0. The average Bonchev–Trinajstić information content (AvgIpc) is 2.42. The third-order valence-corrected chi connectivity index (χ3v) is 4.05. The molecular formula is C14H24N2OS. The summed E-state index contributed by atoms with van der Waals surface area (Å²) in [5.74, 6) is 1.13. The van der Waals surface area contributed by atoms with E-state index >= 15 is 0 Å². The van der Waals surface area contributed by atoms with Crippen LogP contribution < -0.4 is 11.1 Å². The van der Waals surface area contributed by atoms with E-state index in [0.29, 0.717) is 0 Å². The zero-order valence-electron chi connectivity index (χ0n) is 11.2. The van der Waals surface area contributed by atoms with Crippen molar-refractivity contribution in [2.75, 3.05) is 19.3 Å². The van der Waals surface area contributed by atoms with Gasteiger partial charge in [-0.15, -0.1) is 11.8 Å². The van der Waals surface area contributed by atoms with Gasteiger partial charge in [-0.1, -0.05) is 19.1 Å². The number of aliphatic hydroxyl groups is 1. The van der Waals surface area contributed by atoms with Crippen LogP contribution in [-0.2, 0) is 0 Å². The molecule has 3 nitrogen and oxygen atoms in total. The topological polar surface area (TPSA) is 58.3 Å². The van der Waals surface area contributed by atoms with Crippen LogP contribution in [0.5, 0.6) is 0 Å². The minimum absolute atomic E-state index is 0.216. The first-order chi connectivity index (χ1) is 8.69. The van der Waals surface area contributed by atoms with Gasteiger partial charge in [-0.05, 0) is 49.9 Å². The van der Waals surface area contributed by atoms with E-state index in [9.17, 15) is 5.11 Å². The fourth-order valence-electron chi connectivity index (χ4n) is 1.70. The molecule has 0 saturated carbocycles. The van der Waals surface area contributed by atoms with Gasteiger partial charge in [-0.3, -0.25) is 0 Å². The van der Waals surface area contributed by atoms with Gasteiger partial charge in [0.25, 0.3) is 0 Å². The van der Waals surface area contributed by atoms with Crippen LogP contribution in [0.25, 0.3) is 0 Å². The maximum atomic E-state index is 10.1. The highest BCUT2D eigenvalue weighted by atomic mass is 32.2. The van der Waals surface area contributed by atoms with Gasteiger partial charge in [-0.25, -0.2) is 0 Å². The molecule has 4 heteroatoms. The second kappa shape index (κ2) is 8.53. The van der Waals surface area contributed by atoms with Crippen LogP contribution in [0.3, 0.4) is 0 Å². The Balaban J connectivity index is 2.55. The standard InChI is InChI=1S/C14H24N2OS/c1-3-10-18-12-6-4-11(5-7-12)14(17)13(15)8-9-16-2/h4-7,13-14,16-17H,3,8-10,15H2,1-2H3. The van der Waals surface area contributed by atoms with Crippen LogP contribution in [0.2, 0.25) is 0 Å². The lowest BCUT2D eigenvalue weighted by Gasteiger charge is -2.19. The third-order valence-electron chi connectivity index (χ3n) is 2.83. The second-order valence-electron chi connectivity index (χ2n) is 4.42. The molecule has 2 unspecified atom stereocenters. The van der Waals surface area contributed by atoms with Crippen molar-refractivity contribution in [2.45, 2.75) is 36.8 Å². The lowest BCUT2D eigenvalue weighted by Crippen LogP contribution is -2.31. The number of aliphatic hydroxyl groups excluding tert-OH is 1. The molecule has 0 saturated heterocycles. The smallest absolute Gasteiger partial charge is 0.0941 e. The number of thioether (sulfide) groups is 1. The summed E-state index contributed by atoms with van der Waals surface area (Å²) in [6.45, 7) is 2.99. The highest BCUT2D eigenvalue weighted by Gasteiger charge is 2.16. The highest BCUT2D eigenvalue weighted by molar-refractivity contribution is 7.99. The molecule has 0 bridgehead atoms. The van der Waals surface area contributed by atoms with E-state index < -0.39 is 6.10 Å². The summed E-state index contributed by atoms with van der Waals surface area (Å²) in [7, 11) is 1.89. The molecule has 0 aliphatic rings. The van der Waals surface area contributed by atoms with Gasteiger partial charge in [0, 0.05) is 10.9 Å². The van der Waals surface area contributed by atoms with Gasteiger partial charge in [0.1, 0.15) is 0 Å². The van der Waals surface area contributed by atoms with E-state index in [0.717, 1.165) is 24.3 Å². The number of nitrogens with two attached hydrogens (primary N) is 1. The number of rotatable bonds is 8. The Labute approximate surface area is 114 Å². The molecule has 0 amide bonds. The van der Waals surface area contributed by atoms with Crippen LogP contribution in [0.15, 0.2) is 29.2 Å². The number of nitrogens with one attached hydrogen (secondary N) is 1. The Morgan fingerprint density at radius 1 is 1.33 bits per heavy atom. The summed E-state index contributed by atoms with van der Waals surface area (Å²) in [6.07, 6.45) is 1.36. The summed E-state index contributed by atoms with van der Waals surface area (Å²) in [5.41, 5.74) is 6.86. The van der Waals surface area contributed by atoms with E-state index in [1.165, 1.54) is 11.3 Å². The monoisotopic (exact) mass is 268 g/mol. The zero-order chi connectivity index (χ0) is 13.4. The summed E-state index contributed by atoms with van der Waals surface area (Å²) >= 11 is 1.84. The molecular weight excluding hydrogens is 244 g/mol. The normalized spacial score (nSPS) is 14.4. The van der Waals surface area contributed by atoms with Crippen molar-refractivity contribution in [3.63, 3.8) is 0 Å². The summed E-state index contributed by atoms with van der Waals surface area (Å²) in [4.78, 5) is 1.25. The van der Waals surface area contributed by atoms with Crippen molar-refractivity contribution in [1.82, 2.24) is 5.32 Å². The molecule has 0 aromatic heterocycles. The van der Waals surface area contributed by atoms with Crippen molar-refractivity contribution in [3.8, 4) is 0 Å². The second-order valence-corrected chi connectivity index (χ2v) is 5.59. The van der Waals surface area contributed by atoms with Gasteiger partial charge in [0.15, 0.2) is 0 Å². The van der Waals surface area contributed by atoms with Crippen molar-refractivity contribution in [2.24, 2.45) is 5.73 Å². The van der Waals surface area contributed by atoms with Gasteiger partial charge in [-0.2, -0.15) is 0 Å². The average molecular weight is 268 g/mol. The summed E-state index contributed by atoms with van der Waals surface area (Å²) in [5, 5.41) is 13.2. The Morgan fingerprint density at radius 3 is 2.56 bits per heavy atom. The van der Waals surface area contributed by atoms with Crippen molar-refractivity contribution in [3.05, 3.63) is 29.8 Å². The lowest BCUT2D eigenvalue weighted by atomic mass is 10.0. The summed E-state index contributed by atoms with van der Waals surface area (Å²) in [6, 6.07) is 7.85. The van der Waals surface area contributed by atoms with Crippen LogP contribution in [0.1, 0.15) is 31.4 Å². The van der Waals surface area contributed by atoms with Crippen molar-refractivity contribution < 1.29 is 5.11 Å². The molecule has 0 spiro atoms. The molecule has 0 heterocycles. The molecule has 0 aliphatic heterocycles. The Bertz CT molecular complexity index is 329. The minimum Gasteiger partial charge on any atom is -0.387 e. The van der Waals surface area contributed by atoms with Gasteiger partial charge in [0.2, 0.25) is 0 Å². The predicted octanol–water partition coefficient (Wildman–Crippen LogP) is 2.16. The molecule has 1 rings (SSSR count). The van der Waals surface area contributed by atoms with E-state index in [-0.39, 0.29) is 6.04 Å². The third kappa shape index (κ3) is 4.98. The van der Waals surface area contributed by atoms with Crippen molar-refractivity contribution >= 4 is 11.8 Å². The molecule has 0 radical (unpaired) electrons. The fourth-order valence-corrected chi connectivity index (χ4v) is 2.47. The highest BCUT2D eigenvalue weighted by Crippen LogP contribution is 2.23. The Morgan fingerprint density at radius 2 is 2.00 bits per heavy atom.